The van der Waals surface area contributed by atoms with E-state index in [9.17, 15) is 9.18 Å². The van der Waals surface area contributed by atoms with E-state index in [0.717, 1.165) is 38.0 Å². The number of halogens is 1. The highest BCUT2D eigenvalue weighted by molar-refractivity contribution is 5.95. The van der Waals surface area contributed by atoms with Gasteiger partial charge < -0.3 is 14.8 Å². The zero-order chi connectivity index (χ0) is 21.3. The minimum Gasteiger partial charge on any atom is -0.497 e. The summed E-state index contributed by atoms with van der Waals surface area (Å²) in [6.45, 7) is 3.46. The minimum absolute atomic E-state index is 0.125. The van der Waals surface area contributed by atoms with Crippen molar-refractivity contribution in [3.8, 4) is 11.5 Å². The molecule has 1 fully saturated rings. The number of benzene rings is 2. The van der Waals surface area contributed by atoms with Crippen molar-refractivity contribution >= 4 is 12.0 Å². The van der Waals surface area contributed by atoms with E-state index in [4.69, 9.17) is 9.47 Å². The molecule has 0 spiro atoms. The summed E-state index contributed by atoms with van der Waals surface area (Å²) >= 11 is 0. The molecular formula is C24H29FN2O3. The fourth-order valence-corrected chi connectivity index (χ4v) is 3.67. The number of ether oxygens (including phenoxy) is 2. The molecule has 5 nitrogen and oxygen atoms in total. The van der Waals surface area contributed by atoms with E-state index in [0.29, 0.717) is 29.5 Å². The fraction of sp³-hybridized carbons (Fsp3) is 0.375. The first-order valence-electron chi connectivity index (χ1n) is 10.2. The summed E-state index contributed by atoms with van der Waals surface area (Å²) in [5.41, 5.74) is 1.52. The fourth-order valence-electron chi connectivity index (χ4n) is 3.67. The van der Waals surface area contributed by atoms with Gasteiger partial charge >= 0.3 is 0 Å². The van der Waals surface area contributed by atoms with Crippen LogP contribution in [-0.4, -0.2) is 51.2 Å². The van der Waals surface area contributed by atoms with E-state index in [-0.39, 0.29) is 11.7 Å². The second-order valence-electron chi connectivity index (χ2n) is 7.53. The first-order chi connectivity index (χ1) is 14.6. The highest BCUT2D eigenvalue weighted by Gasteiger charge is 2.20. The van der Waals surface area contributed by atoms with Crippen LogP contribution in [0.1, 0.15) is 28.8 Å². The molecule has 1 heterocycles. The van der Waals surface area contributed by atoms with Gasteiger partial charge in [-0.05, 0) is 55.1 Å². The molecule has 1 saturated heterocycles. The second kappa shape index (κ2) is 10.8. The lowest BCUT2D eigenvalue weighted by Gasteiger charge is -2.32. The molecule has 160 valence electrons. The van der Waals surface area contributed by atoms with Gasteiger partial charge in [0.1, 0.15) is 17.3 Å². The molecule has 0 bridgehead atoms. The van der Waals surface area contributed by atoms with Crippen LogP contribution >= 0.6 is 0 Å². The van der Waals surface area contributed by atoms with Crippen LogP contribution in [0.25, 0.3) is 6.08 Å². The van der Waals surface area contributed by atoms with Gasteiger partial charge in [-0.15, -0.1) is 0 Å². The zero-order valence-corrected chi connectivity index (χ0v) is 17.6. The predicted octanol–water partition coefficient (Wildman–Crippen LogP) is 4.00. The summed E-state index contributed by atoms with van der Waals surface area (Å²) in [5.74, 6) is 1.25. The number of carbonyl (C=O) groups is 1. The van der Waals surface area contributed by atoms with Gasteiger partial charge in [-0.3, -0.25) is 9.69 Å². The Morgan fingerprint density at radius 3 is 2.53 bits per heavy atom. The third kappa shape index (κ3) is 6.32. The average molecular weight is 413 g/mol. The van der Waals surface area contributed by atoms with Crippen LogP contribution < -0.4 is 14.8 Å². The van der Waals surface area contributed by atoms with E-state index in [1.165, 1.54) is 12.1 Å². The van der Waals surface area contributed by atoms with E-state index in [2.05, 4.69) is 16.3 Å². The van der Waals surface area contributed by atoms with Crippen LogP contribution in [0.5, 0.6) is 11.5 Å². The van der Waals surface area contributed by atoms with Crippen molar-refractivity contribution in [1.82, 2.24) is 10.2 Å². The van der Waals surface area contributed by atoms with Gasteiger partial charge in [0.15, 0.2) is 0 Å². The highest BCUT2D eigenvalue weighted by atomic mass is 19.1. The number of hydrogen-bond donors (Lipinski definition) is 1. The number of amides is 1. The van der Waals surface area contributed by atoms with E-state index in [1.807, 2.05) is 6.08 Å². The topological polar surface area (TPSA) is 50.8 Å². The molecule has 1 aliphatic rings. The monoisotopic (exact) mass is 412 g/mol. The third-order valence-electron chi connectivity index (χ3n) is 5.31. The van der Waals surface area contributed by atoms with Crippen LogP contribution in [-0.2, 0) is 0 Å². The van der Waals surface area contributed by atoms with Crippen LogP contribution in [0, 0.1) is 11.7 Å². The Morgan fingerprint density at radius 1 is 1.17 bits per heavy atom. The number of nitrogens with one attached hydrogen (secondary N) is 1. The quantitative estimate of drug-likeness (QED) is 0.712. The Kier molecular flexibility index (Phi) is 7.85. The molecular weight excluding hydrogens is 383 g/mol. The van der Waals surface area contributed by atoms with Gasteiger partial charge in [-0.2, -0.15) is 0 Å². The van der Waals surface area contributed by atoms with Crippen molar-refractivity contribution in [1.29, 1.82) is 0 Å². The molecule has 0 radical (unpaired) electrons. The maximum Gasteiger partial charge on any atom is 0.251 e. The molecule has 3 rings (SSSR count). The lowest BCUT2D eigenvalue weighted by Crippen LogP contribution is -2.40. The van der Waals surface area contributed by atoms with Crippen molar-refractivity contribution in [2.75, 3.05) is 40.4 Å². The molecule has 0 aromatic heterocycles. The van der Waals surface area contributed by atoms with E-state index in [1.54, 1.807) is 44.6 Å². The first-order valence-corrected chi connectivity index (χ1v) is 10.2. The smallest absolute Gasteiger partial charge is 0.251 e. The molecule has 1 aliphatic heterocycles. The zero-order valence-electron chi connectivity index (χ0n) is 17.6. The van der Waals surface area contributed by atoms with E-state index >= 15 is 0 Å². The number of carbonyl (C=O) groups excluding carboxylic acids is 1. The summed E-state index contributed by atoms with van der Waals surface area (Å²) < 4.78 is 23.5. The largest absolute Gasteiger partial charge is 0.497 e. The molecule has 0 aliphatic carbocycles. The molecule has 1 N–H and O–H groups in total. The highest BCUT2D eigenvalue weighted by Crippen LogP contribution is 2.23. The number of methoxy groups -OCH3 is 2. The van der Waals surface area contributed by atoms with Crippen molar-refractivity contribution in [3.05, 3.63) is 65.5 Å². The van der Waals surface area contributed by atoms with Crippen LogP contribution in [0.4, 0.5) is 4.39 Å². The van der Waals surface area contributed by atoms with Crippen LogP contribution in [0.2, 0.25) is 0 Å². The normalized spacial score (nSPS) is 17.1. The summed E-state index contributed by atoms with van der Waals surface area (Å²) in [5, 5.41) is 3.05. The first kappa shape index (κ1) is 21.8. The summed E-state index contributed by atoms with van der Waals surface area (Å²) in [7, 11) is 3.13. The van der Waals surface area contributed by atoms with E-state index < -0.39 is 0 Å². The Labute approximate surface area is 177 Å². The molecule has 2 aromatic rings. The van der Waals surface area contributed by atoms with Crippen LogP contribution in [0.3, 0.4) is 0 Å². The Balaban J connectivity index is 1.49. The maximum atomic E-state index is 13.0. The third-order valence-corrected chi connectivity index (χ3v) is 5.31. The Bertz CT molecular complexity index is 845. The lowest BCUT2D eigenvalue weighted by molar-refractivity contribution is 0.0934. The van der Waals surface area contributed by atoms with Gasteiger partial charge in [0.25, 0.3) is 5.91 Å². The van der Waals surface area contributed by atoms with Gasteiger partial charge in [0.2, 0.25) is 0 Å². The predicted molar refractivity (Wildman–Crippen MR) is 116 cm³/mol. The summed E-state index contributed by atoms with van der Waals surface area (Å²) in [4.78, 5) is 15.0. The molecule has 30 heavy (non-hydrogen) atoms. The molecule has 6 heteroatoms. The molecule has 1 amide bonds. The number of hydrogen-bond acceptors (Lipinski definition) is 4. The average Bonchev–Trinajstić information content (AvgIpc) is 2.78. The lowest BCUT2D eigenvalue weighted by atomic mass is 9.98. The number of rotatable bonds is 8. The molecule has 2 aromatic carbocycles. The Morgan fingerprint density at radius 2 is 1.87 bits per heavy atom. The standard InChI is InChI=1S/C24H29FN2O3/c1-29-22-13-20(14-23(15-22)30-2)24(28)26-16-19-6-4-12-27(17-19)11-3-5-18-7-9-21(25)10-8-18/h3,5,7-10,13-15,19H,4,6,11-12,16-17H2,1-2H3,(H,26,28)/b5-3+/t19-/m0/s1. The number of nitrogens with zero attached hydrogens (tertiary/aromatic N) is 1. The number of likely N-dealkylation sites (tertiary alicyclic amines) is 1. The van der Waals surface area contributed by atoms with Gasteiger partial charge in [0, 0.05) is 31.3 Å². The minimum atomic E-state index is -0.222. The van der Waals surface area contributed by atoms with Gasteiger partial charge in [0.05, 0.1) is 14.2 Å². The summed E-state index contributed by atoms with van der Waals surface area (Å²) in [6, 6.07) is 11.7. The molecule has 1 atom stereocenters. The van der Waals surface area contributed by atoms with Crippen molar-refractivity contribution in [2.24, 2.45) is 5.92 Å². The van der Waals surface area contributed by atoms with Crippen molar-refractivity contribution in [3.63, 3.8) is 0 Å². The van der Waals surface area contributed by atoms with Gasteiger partial charge in [-0.25, -0.2) is 4.39 Å². The van der Waals surface area contributed by atoms with Crippen LogP contribution in [0.15, 0.2) is 48.5 Å². The van der Waals surface area contributed by atoms with Gasteiger partial charge in [-0.1, -0.05) is 24.3 Å². The second-order valence-corrected chi connectivity index (χ2v) is 7.53. The molecule has 0 unspecified atom stereocenters. The maximum absolute atomic E-state index is 13.0. The SMILES string of the molecule is COc1cc(OC)cc(C(=O)NC[C@@H]2CCCN(C/C=C/c3ccc(F)cc3)C2)c1. The van der Waals surface area contributed by atoms with Crippen molar-refractivity contribution < 1.29 is 18.7 Å². The molecule has 0 saturated carbocycles. The Hall–Kier alpha value is -2.86. The number of piperidine rings is 1. The summed E-state index contributed by atoms with van der Waals surface area (Å²) in [6.07, 6.45) is 6.33. The van der Waals surface area contributed by atoms with Crippen molar-refractivity contribution in [2.45, 2.75) is 12.8 Å².